The van der Waals surface area contributed by atoms with Crippen LogP contribution in [-0.4, -0.2) is 5.71 Å². The van der Waals surface area contributed by atoms with Crippen molar-refractivity contribution in [1.82, 2.24) is 0 Å². The van der Waals surface area contributed by atoms with Gasteiger partial charge < -0.3 is 4.42 Å². The fourth-order valence-corrected chi connectivity index (χ4v) is 8.88. The molecule has 0 amide bonds. The van der Waals surface area contributed by atoms with Gasteiger partial charge in [0, 0.05) is 33.5 Å². The summed E-state index contributed by atoms with van der Waals surface area (Å²) in [4.78, 5) is 5.74. The van der Waals surface area contributed by atoms with E-state index >= 15 is 0 Å². The number of nitrogens with zero attached hydrogens (tertiary/aromatic N) is 1. The summed E-state index contributed by atoms with van der Waals surface area (Å²) in [5.74, 6) is 0.154. The number of hydrogen-bond acceptors (Lipinski definition) is 2. The summed E-state index contributed by atoms with van der Waals surface area (Å²) in [6.07, 6.45) is 5.14. The molecule has 0 N–H and O–H groups in total. The molecule has 1 atom stereocenters. The summed E-state index contributed by atoms with van der Waals surface area (Å²) in [7, 11) is 0. The van der Waals surface area contributed by atoms with E-state index in [0.29, 0.717) is 0 Å². The molecule has 8 aromatic carbocycles. The highest BCUT2D eigenvalue weighted by Gasteiger charge is 2.24. The van der Waals surface area contributed by atoms with Crippen molar-refractivity contribution in [3.05, 3.63) is 204 Å². The first-order valence-corrected chi connectivity index (χ1v) is 20.2. The SMILES string of the molecule is CCC1/C=C(/c2ccc(-c3ccccc3)c3oc4ccccc4c23)N=C(c2ccc(-c3ccc4ccccc4c3)cc2)CCC(C)=C1c1ccc2ccccc2c1. The van der Waals surface area contributed by atoms with Crippen LogP contribution in [0.5, 0.6) is 0 Å². The Kier molecular flexibility index (Phi) is 8.96. The van der Waals surface area contributed by atoms with E-state index < -0.39 is 0 Å². The van der Waals surface area contributed by atoms with Crippen LogP contribution in [0.15, 0.2) is 197 Å². The maximum absolute atomic E-state index is 6.76. The molecule has 0 saturated carbocycles. The number of furan rings is 1. The van der Waals surface area contributed by atoms with Gasteiger partial charge in [0.1, 0.15) is 11.2 Å². The smallest absolute Gasteiger partial charge is 0.143 e. The average molecular weight is 734 g/mol. The standard InChI is InChI=1S/C55H43NO/c1-3-37-35-51(48-31-30-47(41-15-5-4-6-16-41)55-54(48)49-19-11-12-20-52(49)57-55)56-50(32-21-36(2)53(37)46-29-25-39-14-8-10-18-44(39)34-46)42-26-22-40(23-27-42)45-28-24-38-13-7-9-17-43(38)33-45/h4-20,22-31,33-35,37H,3,21,32H2,1-2H3/b51-35-,53-36?,56-50?. The second-order valence-electron chi connectivity index (χ2n) is 15.3. The van der Waals surface area contributed by atoms with Crippen molar-refractivity contribution in [3.63, 3.8) is 0 Å². The molecule has 10 rings (SSSR count). The van der Waals surface area contributed by atoms with E-state index in [1.54, 1.807) is 0 Å². The third kappa shape index (κ3) is 6.48. The van der Waals surface area contributed by atoms with Crippen LogP contribution in [0.3, 0.4) is 0 Å². The Bertz CT molecular complexity index is 3050. The number of aliphatic imine (C=N–C) groups is 1. The van der Waals surface area contributed by atoms with Gasteiger partial charge in [-0.05, 0) is 105 Å². The van der Waals surface area contributed by atoms with Crippen LogP contribution in [0.4, 0.5) is 0 Å². The molecule has 0 saturated heterocycles. The lowest BCUT2D eigenvalue weighted by Gasteiger charge is -2.21. The molecule has 1 aromatic heterocycles. The maximum Gasteiger partial charge on any atom is 0.143 e. The summed E-state index contributed by atoms with van der Waals surface area (Å²) in [5.41, 5.74) is 14.8. The molecule has 1 aliphatic rings. The number of para-hydroxylation sites is 1. The lowest BCUT2D eigenvalue weighted by Crippen LogP contribution is -2.04. The van der Waals surface area contributed by atoms with Crippen molar-refractivity contribution in [3.8, 4) is 22.3 Å². The van der Waals surface area contributed by atoms with Crippen LogP contribution in [0, 0.1) is 5.92 Å². The minimum atomic E-state index is 0.154. The zero-order valence-electron chi connectivity index (χ0n) is 32.4. The topological polar surface area (TPSA) is 25.5 Å². The Labute approximate surface area is 334 Å². The van der Waals surface area contributed by atoms with E-state index in [2.05, 4.69) is 196 Å². The first-order chi connectivity index (χ1) is 28.1. The lowest BCUT2D eigenvalue weighted by molar-refractivity contribution is 0.670. The molecule has 2 heterocycles. The summed E-state index contributed by atoms with van der Waals surface area (Å²) < 4.78 is 6.76. The van der Waals surface area contributed by atoms with Crippen molar-refractivity contribution in [2.45, 2.75) is 33.1 Å². The Morgan fingerprint density at radius 3 is 1.86 bits per heavy atom. The normalized spacial score (nSPS) is 16.0. The quantitative estimate of drug-likeness (QED) is 0.167. The third-order valence-electron chi connectivity index (χ3n) is 11.9. The highest BCUT2D eigenvalue weighted by atomic mass is 16.3. The van der Waals surface area contributed by atoms with Crippen LogP contribution in [0.2, 0.25) is 0 Å². The number of fused-ring (bicyclic) bond motifs is 5. The summed E-state index contributed by atoms with van der Waals surface area (Å²) in [5, 5.41) is 7.24. The molecule has 0 radical (unpaired) electrons. The minimum Gasteiger partial charge on any atom is -0.455 e. The van der Waals surface area contributed by atoms with Gasteiger partial charge in [-0.15, -0.1) is 0 Å². The fraction of sp³-hybridized carbons (Fsp3) is 0.109. The van der Waals surface area contributed by atoms with E-state index in [9.17, 15) is 0 Å². The van der Waals surface area contributed by atoms with Gasteiger partial charge in [-0.3, -0.25) is 4.99 Å². The summed E-state index contributed by atoms with van der Waals surface area (Å²) >= 11 is 0. The van der Waals surface area contributed by atoms with Crippen molar-refractivity contribution in [2.75, 3.05) is 0 Å². The van der Waals surface area contributed by atoms with Crippen molar-refractivity contribution >= 4 is 60.5 Å². The molecule has 0 bridgehead atoms. The van der Waals surface area contributed by atoms with Gasteiger partial charge in [0.25, 0.3) is 0 Å². The minimum absolute atomic E-state index is 0.154. The Morgan fingerprint density at radius 1 is 0.526 bits per heavy atom. The molecule has 1 unspecified atom stereocenters. The largest absolute Gasteiger partial charge is 0.455 e. The second-order valence-corrected chi connectivity index (χ2v) is 15.3. The molecule has 0 fully saturated rings. The molecule has 9 aromatic rings. The highest BCUT2D eigenvalue weighted by molar-refractivity contribution is 6.15. The molecule has 274 valence electrons. The molecular weight excluding hydrogens is 691 g/mol. The lowest BCUT2D eigenvalue weighted by atomic mass is 9.83. The molecule has 0 aliphatic carbocycles. The number of allylic oxidation sites excluding steroid dienone is 3. The van der Waals surface area contributed by atoms with E-state index in [1.807, 2.05) is 0 Å². The zero-order valence-corrected chi connectivity index (χ0v) is 32.4. The van der Waals surface area contributed by atoms with Crippen LogP contribution in [-0.2, 0) is 0 Å². The second kappa shape index (κ2) is 14.7. The van der Waals surface area contributed by atoms with Crippen LogP contribution >= 0.6 is 0 Å². The van der Waals surface area contributed by atoms with Gasteiger partial charge >= 0.3 is 0 Å². The summed E-state index contributed by atoms with van der Waals surface area (Å²) in [6, 6.07) is 63.5. The number of hydrogen-bond donors (Lipinski definition) is 0. The van der Waals surface area contributed by atoms with Crippen LogP contribution in [0.1, 0.15) is 49.8 Å². The first-order valence-electron chi connectivity index (χ1n) is 20.2. The van der Waals surface area contributed by atoms with Gasteiger partial charge in [-0.2, -0.15) is 0 Å². The maximum atomic E-state index is 6.76. The first kappa shape index (κ1) is 34.7. The molecule has 2 nitrogen and oxygen atoms in total. The van der Waals surface area contributed by atoms with Crippen LogP contribution < -0.4 is 0 Å². The molecule has 57 heavy (non-hydrogen) atoms. The highest BCUT2D eigenvalue weighted by Crippen LogP contribution is 2.43. The van der Waals surface area contributed by atoms with Gasteiger partial charge in [0.15, 0.2) is 0 Å². The number of rotatable bonds is 6. The summed E-state index contributed by atoms with van der Waals surface area (Å²) in [6.45, 7) is 4.64. The van der Waals surface area contributed by atoms with Crippen molar-refractivity contribution in [2.24, 2.45) is 10.9 Å². The zero-order chi connectivity index (χ0) is 38.3. The fourth-order valence-electron chi connectivity index (χ4n) is 8.88. The predicted octanol–water partition coefficient (Wildman–Crippen LogP) is 15.4. The Morgan fingerprint density at radius 2 is 1.12 bits per heavy atom. The van der Waals surface area contributed by atoms with Gasteiger partial charge in [-0.1, -0.05) is 170 Å². The Hall–Kier alpha value is -6.77. The molecular formula is C55H43NO. The monoisotopic (exact) mass is 733 g/mol. The average Bonchev–Trinajstić information content (AvgIpc) is 3.69. The predicted molar refractivity (Wildman–Crippen MR) is 243 cm³/mol. The molecule has 0 spiro atoms. The van der Waals surface area contributed by atoms with Gasteiger partial charge in [-0.25, -0.2) is 0 Å². The van der Waals surface area contributed by atoms with Crippen LogP contribution in [0.25, 0.3) is 77.0 Å². The van der Waals surface area contributed by atoms with Gasteiger partial charge in [0.2, 0.25) is 0 Å². The Balaban J connectivity index is 1.17. The van der Waals surface area contributed by atoms with E-state index in [1.165, 1.54) is 49.4 Å². The van der Waals surface area contributed by atoms with E-state index in [0.717, 1.165) is 74.9 Å². The third-order valence-corrected chi connectivity index (χ3v) is 11.9. The van der Waals surface area contributed by atoms with Gasteiger partial charge in [0.05, 0.1) is 5.70 Å². The van der Waals surface area contributed by atoms with E-state index in [-0.39, 0.29) is 5.92 Å². The van der Waals surface area contributed by atoms with Crippen molar-refractivity contribution in [1.29, 1.82) is 0 Å². The van der Waals surface area contributed by atoms with E-state index in [4.69, 9.17) is 9.41 Å². The molecule has 1 aliphatic heterocycles. The molecule has 2 heteroatoms. The number of benzene rings is 8. The van der Waals surface area contributed by atoms with Crippen molar-refractivity contribution < 1.29 is 4.42 Å².